The van der Waals surface area contributed by atoms with Gasteiger partial charge in [0, 0.05) is 17.8 Å². The molecular formula is C29H37N3O3. The third-order valence-corrected chi connectivity index (χ3v) is 8.93. The first-order valence-electron chi connectivity index (χ1n) is 12.9. The van der Waals surface area contributed by atoms with Crippen molar-refractivity contribution in [3.05, 3.63) is 65.7 Å². The van der Waals surface area contributed by atoms with Crippen LogP contribution in [0.5, 0.6) is 0 Å². The van der Waals surface area contributed by atoms with Gasteiger partial charge in [-0.05, 0) is 88.4 Å². The van der Waals surface area contributed by atoms with Gasteiger partial charge in [-0.2, -0.15) is 0 Å². The summed E-state index contributed by atoms with van der Waals surface area (Å²) in [6.07, 6.45) is 7.72. The van der Waals surface area contributed by atoms with E-state index in [-0.39, 0.29) is 23.1 Å². The molecule has 1 saturated heterocycles. The number of rotatable bonds is 6. The lowest BCUT2D eigenvalue weighted by molar-refractivity contribution is 0.0172. The number of methoxy groups -OCH3 is 1. The fraction of sp³-hybridized carbons (Fsp3) is 0.517. The Bertz CT molecular complexity index is 1050. The molecule has 0 N–H and O–H groups in total. The van der Waals surface area contributed by atoms with Crippen molar-refractivity contribution in [3.63, 3.8) is 0 Å². The number of esters is 1. The quantitative estimate of drug-likeness (QED) is 0.533. The lowest BCUT2D eigenvalue weighted by Crippen LogP contribution is -2.56. The molecule has 2 aromatic rings. The van der Waals surface area contributed by atoms with Crippen molar-refractivity contribution in [1.29, 1.82) is 0 Å². The Balaban J connectivity index is 1.43. The maximum atomic E-state index is 13.8. The molecule has 3 fully saturated rings. The highest BCUT2D eigenvalue weighted by Crippen LogP contribution is 2.50. The Morgan fingerprint density at radius 2 is 1.66 bits per heavy atom. The fourth-order valence-corrected chi connectivity index (χ4v) is 6.40. The number of hydrogen-bond donors (Lipinski definition) is 0. The van der Waals surface area contributed by atoms with E-state index in [0.29, 0.717) is 18.0 Å². The van der Waals surface area contributed by atoms with Crippen LogP contribution in [0.2, 0.25) is 0 Å². The van der Waals surface area contributed by atoms with Crippen molar-refractivity contribution in [1.82, 2.24) is 9.80 Å². The molecule has 2 amide bonds. The predicted octanol–water partition coefficient (Wildman–Crippen LogP) is 5.29. The van der Waals surface area contributed by atoms with E-state index in [1.54, 1.807) is 12.1 Å². The fourth-order valence-electron chi connectivity index (χ4n) is 6.40. The molecule has 3 aliphatic rings. The Labute approximate surface area is 208 Å². The maximum Gasteiger partial charge on any atom is 0.337 e. The second kappa shape index (κ2) is 9.30. The molecule has 0 radical (unpaired) electrons. The molecule has 0 atom stereocenters. The van der Waals surface area contributed by atoms with Crippen LogP contribution >= 0.6 is 0 Å². The third kappa shape index (κ3) is 4.12. The lowest BCUT2D eigenvalue weighted by atomic mass is 9.68. The number of carbonyl (C=O) groups is 2. The minimum atomic E-state index is -0.361. The summed E-state index contributed by atoms with van der Waals surface area (Å²) < 4.78 is 4.84. The first-order chi connectivity index (χ1) is 16.9. The molecule has 2 aliphatic carbocycles. The van der Waals surface area contributed by atoms with Crippen molar-refractivity contribution in [2.75, 3.05) is 39.2 Å². The summed E-state index contributed by atoms with van der Waals surface area (Å²) in [5, 5.41) is 0. The van der Waals surface area contributed by atoms with E-state index in [9.17, 15) is 9.59 Å². The second-order valence-corrected chi connectivity index (χ2v) is 10.8. The van der Waals surface area contributed by atoms with E-state index in [2.05, 4.69) is 54.2 Å². The molecule has 0 bridgehead atoms. The van der Waals surface area contributed by atoms with Crippen molar-refractivity contribution in [2.24, 2.45) is 5.92 Å². The van der Waals surface area contributed by atoms with Gasteiger partial charge in [0.05, 0.1) is 24.8 Å². The van der Waals surface area contributed by atoms with Crippen LogP contribution in [0.15, 0.2) is 54.6 Å². The highest BCUT2D eigenvalue weighted by molar-refractivity contribution is 5.96. The zero-order valence-corrected chi connectivity index (χ0v) is 21.2. The molecule has 5 rings (SSSR count). The van der Waals surface area contributed by atoms with Crippen LogP contribution in [0.3, 0.4) is 0 Å². The minimum Gasteiger partial charge on any atom is -0.465 e. The summed E-state index contributed by atoms with van der Waals surface area (Å²) in [6.45, 7) is 1.56. The Kier molecular flexibility index (Phi) is 6.34. The van der Waals surface area contributed by atoms with E-state index >= 15 is 0 Å². The summed E-state index contributed by atoms with van der Waals surface area (Å²) in [4.78, 5) is 32.3. The number of nitrogens with zero attached hydrogens (tertiary/aromatic N) is 3. The van der Waals surface area contributed by atoms with Gasteiger partial charge in [0.1, 0.15) is 0 Å². The van der Waals surface area contributed by atoms with Gasteiger partial charge >= 0.3 is 12.0 Å². The molecule has 6 nitrogen and oxygen atoms in total. The topological polar surface area (TPSA) is 53.1 Å². The average Bonchev–Trinajstić information content (AvgIpc) is 3.12. The SMILES string of the molecule is COC(=O)c1ccc(N2C[C@]3(CC[C@@](c4ccccc4)(N(C)C)CC3)N(CC3CCC3)C2=O)cc1. The summed E-state index contributed by atoms with van der Waals surface area (Å²) in [5.74, 6) is 0.257. The number of hydrogen-bond acceptors (Lipinski definition) is 4. The number of ether oxygens (including phenoxy) is 1. The highest BCUT2D eigenvalue weighted by atomic mass is 16.5. The van der Waals surface area contributed by atoms with E-state index in [1.165, 1.54) is 31.9 Å². The Morgan fingerprint density at radius 3 is 2.20 bits per heavy atom. The number of amides is 2. The molecule has 1 spiro atoms. The summed E-state index contributed by atoms with van der Waals surface area (Å²) in [5.41, 5.74) is 2.56. The van der Waals surface area contributed by atoms with Crippen LogP contribution in [0, 0.1) is 5.92 Å². The molecule has 1 aliphatic heterocycles. The standard InChI is InChI=1S/C29H37N3O3/c1-30(2)29(24-10-5-4-6-11-24)18-16-28(17-19-29)21-31(27(34)32(28)20-22-8-7-9-22)25-14-12-23(13-15-25)26(33)35-3/h4-6,10-15,22H,7-9,16-21H2,1-3H3/t28-,29-. The van der Waals surface area contributed by atoms with Crippen LogP contribution in [0.1, 0.15) is 60.9 Å². The van der Waals surface area contributed by atoms with Crippen LogP contribution in [-0.4, -0.2) is 61.6 Å². The van der Waals surface area contributed by atoms with Gasteiger partial charge in [0.2, 0.25) is 0 Å². The van der Waals surface area contributed by atoms with Crippen LogP contribution in [0.4, 0.5) is 10.5 Å². The molecule has 2 saturated carbocycles. The zero-order valence-electron chi connectivity index (χ0n) is 21.2. The number of urea groups is 1. The summed E-state index contributed by atoms with van der Waals surface area (Å²) in [7, 11) is 5.76. The smallest absolute Gasteiger partial charge is 0.337 e. The number of anilines is 1. The van der Waals surface area contributed by atoms with Crippen molar-refractivity contribution >= 4 is 17.7 Å². The van der Waals surface area contributed by atoms with Gasteiger partial charge < -0.3 is 9.64 Å². The monoisotopic (exact) mass is 475 g/mol. The minimum absolute atomic E-state index is 0.00667. The third-order valence-electron chi connectivity index (χ3n) is 8.93. The predicted molar refractivity (Wildman–Crippen MR) is 138 cm³/mol. The Hall–Kier alpha value is -2.86. The largest absolute Gasteiger partial charge is 0.465 e. The number of benzene rings is 2. The molecule has 186 valence electrons. The van der Waals surface area contributed by atoms with Crippen molar-refractivity contribution in [2.45, 2.75) is 56.0 Å². The molecule has 35 heavy (non-hydrogen) atoms. The summed E-state index contributed by atoms with van der Waals surface area (Å²) in [6, 6.07) is 18.2. The second-order valence-electron chi connectivity index (χ2n) is 10.8. The average molecular weight is 476 g/mol. The molecule has 0 unspecified atom stereocenters. The van der Waals surface area contributed by atoms with Gasteiger partial charge in [-0.15, -0.1) is 0 Å². The van der Waals surface area contributed by atoms with E-state index in [0.717, 1.165) is 37.9 Å². The summed E-state index contributed by atoms with van der Waals surface area (Å²) >= 11 is 0. The zero-order chi connectivity index (χ0) is 24.6. The van der Waals surface area contributed by atoms with Gasteiger partial charge in [0.15, 0.2) is 0 Å². The van der Waals surface area contributed by atoms with Crippen LogP contribution in [-0.2, 0) is 10.3 Å². The van der Waals surface area contributed by atoms with E-state index < -0.39 is 0 Å². The normalized spacial score (nSPS) is 26.9. The van der Waals surface area contributed by atoms with Crippen molar-refractivity contribution < 1.29 is 14.3 Å². The van der Waals surface area contributed by atoms with Crippen LogP contribution < -0.4 is 4.90 Å². The molecule has 0 aromatic heterocycles. The van der Waals surface area contributed by atoms with Gasteiger partial charge in [0.25, 0.3) is 0 Å². The molecule has 1 heterocycles. The maximum absolute atomic E-state index is 13.8. The van der Waals surface area contributed by atoms with E-state index in [4.69, 9.17) is 4.74 Å². The Morgan fingerprint density at radius 1 is 1.00 bits per heavy atom. The highest BCUT2D eigenvalue weighted by Gasteiger charge is 2.55. The lowest BCUT2D eigenvalue weighted by Gasteiger charge is -2.51. The van der Waals surface area contributed by atoms with Crippen LogP contribution in [0.25, 0.3) is 0 Å². The molecular weight excluding hydrogens is 438 g/mol. The number of carbonyl (C=O) groups excluding carboxylic acids is 2. The van der Waals surface area contributed by atoms with Gasteiger partial charge in [-0.3, -0.25) is 9.80 Å². The molecule has 6 heteroatoms. The first-order valence-corrected chi connectivity index (χ1v) is 12.9. The van der Waals surface area contributed by atoms with Crippen molar-refractivity contribution in [3.8, 4) is 0 Å². The first kappa shape index (κ1) is 23.9. The van der Waals surface area contributed by atoms with Gasteiger partial charge in [-0.25, -0.2) is 9.59 Å². The van der Waals surface area contributed by atoms with Gasteiger partial charge in [-0.1, -0.05) is 36.8 Å². The molecule has 2 aromatic carbocycles. The van der Waals surface area contributed by atoms with E-state index in [1.807, 2.05) is 17.0 Å².